The van der Waals surface area contributed by atoms with Gasteiger partial charge in [0, 0.05) is 0 Å². The van der Waals surface area contributed by atoms with Crippen molar-refractivity contribution in [2.24, 2.45) is 0 Å². The lowest BCUT2D eigenvalue weighted by molar-refractivity contribution is 0.277. The number of likely N-dealkylation sites (tertiary alicyclic amines) is 1. The monoisotopic (exact) mass is 199 g/mol. The number of nitrogens with zero attached hydrogens (tertiary/aromatic N) is 1. The van der Waals surface area contributed by atoms with E-state index in [1.165, 1.54) is 38.8 Å². The minimum atomic E-state index is 1.08. The van der Waals surface area contributed by atoms with Crippen molar-refractivity contribution in [3.63, 3.8) is 0 Å². The SMILES string of the molecule is C=CCC.CCC.CN1CCCCC1. The predicted molar refractivity (Wildman–Crippen MR) is 67.8 cm³/mol. The van der Waals surface area contributed by atoms with Crippen LogP contribution < -0.4 is 0 Å². The van der Waals surface area contributed by atoms with E-state index in [4.69, 9.17) is 0 Å². The zero-order chi connectivity index (χ0) is 11.2. The molecule has 0 atom stereocenters. The van der Waals surface area contributed by atoms with Crippen molar-refractivity contribution in [1.82, 2.24) is 4.90 Å². The van der Waals surface area contributed by atoms with Gasteiger partial charge in [0.15, 0.2) is 0 Å². The molecule has 1 heteroatoms. The largest absolute Gasteiger partial charge is 0.306 e. The first kappa shape index (κ1) is 16.1. The molecule has 0 unspecified atom stereocenters. The molecule has 86 valence electrons. The number of rotatable bonds is 1. The van der Waals surface area contributed by atoms with Gasteiger partial charge in [-0.25, -0.2) is 0 Å². The van der Waals surface area contributed by atoms with Crippen LogP contribution >= 0.6 is 0 Å². The fourth-order valence-corrected chi connectivity index (χ4v) is 1.05. The van der Waals surface area contributed by atoms with E-state index < -0.39 is 0 Å². The summed E-state index contributed by atoms with van der Waals surface area (Å²) in [5.41, 5.74) is 0. The molecule has 0 radical (unpaired) electrons. The van der Waals surface area contributed by atoms with Crippen molar-refractivity contribution < 1.29 is 0 Å². The second-order valence-corrected chi connectivity index (χ2v) is 3.77. The van der Waals surface area contributed by atoms with E-state index in [0.717, 1.165) is 6.42 Å². The number of piperidine rings is 1. The highest BCUT2D eigenvalue weighted by molar-refractivity contribution is 4.60. The van der Waals surface area contributed by atoms with Gasteiger partial charge in [-0.15, -0.1) is 6.58 Å². The summed E-state index contributed by atoms with van der Waals surface area (Å²) < 4.78 is 0. The maximum Gasteiger partial charge on any atom is -0.00218 e. The Kier molecular flexibility index (Phi) is 17.5. The van der Waals surface area contributed by atoms with E-state index >= 15 is 0 Å². The van der Waals surface area contributed by atoms with Gasteiger partial charge in [0.1, 0.15) is 0 Å². The normalized spacial score (nSPS) is 15.7. The van der Waals surface area contributed by atoms with Crippen LogP contribution in [0.25, 0.3) is 0 Å². The van der Waals surface area contributed by atoms with E-state index in [2.05, 4.69) is 39.3 Å². The van der Waals surface area contributed by atoms with Gasteiger partial charge in [-0.3, -0.25) is 0 Å². The third kappa shape index (κ3) is 17.7. The molecule has 0 aromatic carbocycles. The van der Waals surface area contributed by atoms with Crippen molar-refractivity contribution in [2.45, 2.75) is 52.9 Å². The van der Waals surface area contributed by atoms with Crippen LogP contribution in [-0.2, 0) is 0 Å². The predicted octanol–water partition coefficient (Wildman–Crippen LogP) is 4.10. The summed E-state index contributed by atoms with van der Waals surface area (Å²) in [7, 11) is 2.19. The number of allylic oxidation sites excluding steroid dienone is 1. The summed E-state index contributed by atoms with van der Waals surface area (Å²) in [6.07, 6.45) is 8.48. The second-order valence-electron chi connectivity index (χ2n) is 3.77. The molecule has 0 aromatic heterocycles. The van der Waals surface area contributed by atoms with Gasteiger partial charge in [-0.1, -0.05) is 39.7 Å². The molecule has 1 saturated heterocycles. The summed E-state index contributed by atoms with van der Waals surface area (Å²) >= 11 is 0. The molecule has 1 nitrogen and oxygen atoms in total. The summed E-state index contributed by atoms with van der Waals surface area (Å²) in [6, 6.07) is 0. The quantitative estimate of drug-likeness (QED) is 0.575. The fourth-order valence-electron chi connectivity index (χ4n) is 1.05. The summed E-state index contributed by atoms with van der Waals surface area (Å²) in [5.74, 6) is 0. The van der Waals surface area contributed by atoms with E-state index in [1.54, 1.807) is 0 Å². The average Bonchev–Trinajstić information content (AvgIpc) is 2.21. The molecule has 1 fully saturated rings. The fraction of sp³-hybridized carbons (Fsp3) is 0.846. The van der Waals surface area contributed by atoms with Crippen LogP contribution in [0.15, 0.2) is 12.7 Å². The topological polar surface area (TPSA) is 3.24 Å². The molecule has 0 aromatic rings. The molecule has 0 N–H and O–H groups in total. The van der Waals surface area contributed by atoms with Crippen molar-refractivity contribution in [2.75, 3.05) is 20.1 Å². The van der Waals surface area contributed by atoms with E-state index in [-0.39, 0.29) is 0 Å². The van der Waals surface area contributed by atoms with E-state index in [1.807, 2.05) is 6.08 Å². The first-order chi connectivity index (χ1) is 6.72. The molecule has 1 heterocycles. The highest BCUT2D eigenvalue weighted by Crippen LogP contribution is 2.04. The average molecular weight is 199 g/mol. The van der Waals surface area contributed by atoms with Gasteiger partial charge >= 0.3 is 0 Å². The Hall–Kier alpha value is -0.300. The van der Waals surface area contributed by atoms with Crippen LogP contribution in [-0.4, -0.2) is 25.0 Å². The van der Waals surface area contributed by atoms with Gasteiger partial charge in [0.25, 0.3) is 0 Å². The Morgan fingerprint density at radius 2 is 1.43 bits per heavy atom. The van der Waals surface area contributed by atoms with E-state index in [9.17, 15) is 0 Å². The van der Waals surface area contributed by atoms with Crippen LogP contribution in [0.4, 0.5) is 0 Å². The maximum absolute atomic E-state index is 3.48. The third-order valence-electron chi connectivity index (χ3n) is 1.87. The van der Waals surface area contributed by atoms with Crippen molar-refractivity contribution in [3.05, 3.63) is 12.7 Å². The molecule has 0 bridgehead atoms. The Morgan fingerprint density at radius 1 is 1.07 bits per heavy atom. The van der Waals surface area contributed by atoms with Crippen LogP contribution in [0, 0.1) is 0 Å². The van der Waals surface area contributed by atoms with Gasteiger partial charge in [0.2, 0.25) is 0 Å². The summed E-state index contributed by atoms with van der Waals surface area (Å²) in [4.78, 5) is 2.39. The van der Waals surface area contributed by atoms with Crippen LogP contribution in [0.1, 0.15) is 52.9 Å². The Balaban J connectivity index is 0. The number of hydrogen-bond donors (Lipinski definition) is 0. The Bertz CT molecular complexity index is 93.4. The summed E-state index contributed by atoms with van der Waals surface area (Å²) in [5, 5.41) is 0. The molecular weight excluding hydrogens is 170 g/mol. The highest BCUT2D eigenvalue weighted by atomic mass is 15.1. The van der Waals surface area contributed by atoms with Gasteiger partial charge in [-0.05, 0) is 39.4 Å². The van der Waals surface area contributed by atoms with Crippen LogP contribution in [0.3, 0.4) is 0 Å². The smallest absolute Gasteiger partial charge is 0.00218 e. The van der Waals surface area contributed by atoms with Gasteiger partial charge in [0.05, 0.1) is 0 Å². The zero-order valence-corrected chi connectivity index (χ0v) is 10.7. The lowest BCUT2D eigenvalue weighted by atomic mass is 10.1. The first-order valence-electron chi connectivity index (χ1n) is 6.02. The lowest BCUT2D eigenvalue weighted by Gasteiger charge is -2.20. The molecule has 0 aliphatic carbocycles. The van der Waals surface area contributed by atoms with Crippen molar-refractivity contribution >= 4 is 0 Å². The number of hydrogen-bond acceptors (Lipinski definition) is 1. The molecule has 1 rings (SSSR count). The second kappa shape index (κ2) is 15.2. The first-order valence-corrected chi connectivity index (χ1v) is 6.02. The van der Waals surface area contributed by atoms with Gasteiger partial charge in [-0.2, -0.15) is 0 Å². The molecule has 1 aliphatic rings. The molecule has 1 aliphatic heterocycles. The third-order valence-corrected chi connectivity index (χ3v) is 1.87. The minimum absolute atomic E-state index is 1.08. The van der Waals surface area contributed by atoms with Crippen molar-refractivity contribution in [1.29, 1.82) is 0 Å². The maximum atomic E-state index is 3.48. The molecule has 0 saturated carbocycles. The molecular formula is C13H29N. The summed E-state index contributed by atoms with van der Waals surface area (Å²) in [6.45, 7) is 12.4. The Labute approximate surface area is 91.2 Å². The van der Waals surface area contributed by atoms with Crippen molar-refractivity contribution in [3.8, 4) is 0 Å². The molecule has 0 amide bonds. The van der Waals surface area contributed by atoms with Crippen LogP contribution in [0.5, 0.6) is 0 Å². The zero-order valence-electron chi connectivity index (χ0n) is 10.7. The Morgan fingerprint density at radius 3 is 1.57 bits per heavy atom. The minimum Gasteiger partial charge on any atom is -0.306 e. The molecule has 0 spiro atoms. The van der Waals surface area contributed by atoms with Crippen LogP contribution in [0.2, 0.25) is 0 Å². The lowest BCUT2D eigenvalue weighted by Crippen LogP contribution is -2.24. The standard InChI is InChI=1S/C6H13N.C4H8.C3H8/c1-7-5-3-2-4-6-7;1-3-4-2;1-3-2/h2-6H2,1H3;3H,1,4H2,2H3;3H2,1-2H3. The van der Waals surface area contributed by atoms with E-state index in [0.29, 0.717) is 0 Å². The highest BCUT2D eigenvalue weighted by Gasteiger charge is 2.02. The van der Waals surface area contributed by atoms with Gasteiger partial charge < -0.3 is 4.90 Å². The molecule has 14 heavy (non-hydrogen) atoms.